The molecule has 3 rings (SSSR count). The predicted molar refractivity (Wildman–Crippen MR) is 109 cm³/mol. The SMILES string of the molecule is COc1cc(Br)cc(/C=N\Nc2nc(-c3ccccc3)cc(=O)[nH]2)c1OC. The van der Waals surface area contributed by atoms with Crippen molar-refractivity contribution >= 4 is 28.1 Å². The topological polar surface area (TPSA) is 88.6 Å². The summed E-state index contributed by atoms with van der Waals surface area (Å²) in [7, 11) is 3.12. The number of hydrazone groups is 1. The lowest BCUT2D eigenvalue weighted by atomic mass is 10.1. The summed E-state index contributed by atoms with van der Waals surface area (Å²) in [4.78, 5) is 18.9. The normalized spacial score (nSPS) is 10.8. The Morgan fingerprint density at radius 1 is 1.15 bits per heavy atom. The second-order valence-corrected chi connectivity index (χ2v) is 6.36. The van der Waals surface area contributed by atoms with E-state index in [1.807, 2.05) is 36.4 Å². The van der Waals surface area contributed by atoms with Crippen LogP contribution < -0.4 is 20.5 Å². The maximum atomic E-state index is 11.9. The number of benzene rings is 2. The number of anilines is 1. The van der Waals surface area contributed by atoms with Gasteiger partial charge in [0.05, 0.1) is 26.1 Å². The second kappa shape index (κ2) is 8.50. The lowest BCUT2D eigenvalue weighted by Crippen LogP contribution is -2.10. The van der Waals surface area contributed by atoms with Crippen molar-refractivity contribution in [2.75, 3.05) is 19.6 Å². The molecule has 0 saturated carbocycles. The number of aromatic amines is 1. The zero-order valence-corrected chi connectivity index (χ0v) is 16.3. The molecule has 2 N–H and O–H groups in total. The minimum absolute atomic E-state index is 0.235. The zero-order chi connectivity index (χ0) is 19.2. The fourth-order valence-corrected chi connectivity index (χ4v) is 2.94. The largest absolute Gasteiger partial charge is 0.493 e. The van der Waals surface area contributed by atoms with Crippen LogP contribution in [0.15, 0.2) is 62.9 Å². The molecule has 0 atom stereocenters. The number of H-pyrrole nitrogens is 1. The summed E-state index contributed by atoms with van der Waals surface area (Å²) >= 11 is 3.42. The van der Waals surface area contributed by atoms with Gasteiger partial charge in [-0.2, -0.15) is 5.10 Å². The number of nitrogens with zero attached hydrogens (tertiary/aromatic N) is 2. The molecule has 0 unspecified atom stereocenters. The fourth-order valence-electron chi connectivity index (χ4n) is 2.49. The molecule has 0 spiro atoms. The summed E-state index contributed by atoms with van der Waals surface area (Å²) in [6.45, 7) is 0. The minimum Gasteiger partial charge on any atom is -0.493 e. The summed E-state index contributed by atoms with van der Waals surface area (Å²) in [6, 6.07) is 14.5. The molecule has 0 amide bonds. The van der Waals surface area contributed by atoms with Gasteiger partial charge in [-0.3, -0.25) is 9.78 Å². The molecular weight excluding hydrogens is 412 g/mol. The van der Waals surface area contributed by atoms with Crippen LogP contribution in [0.2, 0.25) is 0 Å². The standard InChI is InChI=1S/C19H17BrN4O3/c1-26-16-9-14(20)8-13(18(16)27-2)11-21-24-19-22-15(10-17(25)23-19)12-6-4-3-5-7-12/h3-11H,1-2H3,(H2,22,23,24,25)/b21-11-. The lowest BCUT2D eigenvalue weighted by Gasteiger charge is -2.10. The van der Waals surface area contributed by atoms with E-state index < -0.39 is 0 Å². The highest BCUT2D eigenvalue weighted by atomic mass is 79.9. The summed E-state index contributed by atoms with van der Waals surface area (Å²) in [5, 5.41) is 4.15. The van der Waals surface area contributed by atoms with Crippen molar-refractivity contribution in [1.29, 1.82) is 0 Å². The molecule has 7 nitrogen and oxygen atoms in total. The molecule has 1 aromatic heterocycles. The van der Waals surface area contributed by atoms with Crippen LogP contribution in [-0.2, 0) is 0 Å². The van der Waals surface area contributed by atoms with Crippen molar-refractivity contribution in [2.45, 2.75) is 0 Å². The highest BCUT2D eigenvalue weighted by Gasteiger charge is 2.10. The monoisotopic (exact) mass is 428 g/mol. The summed E-state index contributed by atoms with van der Waals surface area (Å²) < 4.78 is 11.5. The fraction of sp³-hybridized carbons (Fsp3) is 0.105. The molecule has 1 heterocycles. The number of rotatable bonds is 6. The van der Waals surface area contributed by atoms with Gasteiger partial charge in [-0.05, 0) is 12.1 Å². The van der Waals surface area contributed by atoms with E-state index in [4.69, 9.17) is 9.47 Å². The van der Waals surface area contributed by atoms with E-state index >= 15 is 0 Å². The lowest BCUT2D eigenvalue weighted by molar-refractivity contribution is 0.354. The van der Waals surface area contributed by atoms with Crippen LogP contribution in [0.1, 0.15) is 5.56 Å². The molecule has 0 radical (unpaired) electrons. The third-order valence-corrected chi connectivity index (χ3v) is 4.12. The van der Waals surface area contributed by atoms with E-state index in [1.54, 1.807) is 26.5 Å². The average molecular weight is 429 g/mol. The van der Waals surface area contributed by atoms with Crippen LogP contribution in [0.25, 0.3) is 11.3 Å². The minimum atomic E-state index is -0.275. The molecule has 2 aromatic carbocycles. The van der Waals surface area contributed by atoms with Gasteiger partial charge >= 0.3 is 0 Å². The van der Waals surface area contributed by atoms with Gasteiger partial charge in [-0.1, -0.05) is 46.3 Å². The van der Waals surface area contributed by atoms with E-state index in [9.17, 15) is 4.79 Å². The summed E-state index contributed by atoms with van der Waals surface area (Å²) in [5.41, 5.74) is 4.56. The van der Waals surface area contributed by atoms with Crippen molar-refractivity contribution in [3.05, 3.63) is 68.9 Å². The van der Waals surface area contributed by atoms with Gasteiger partial charge in [0.1, 0.15) is 0 Å². The van der Waals surface area contributed by atoms with Gasteiger partial charge in [-0.15, -0.1) is 0 Å². The zero-order valence-electron chi connectivity index (χ0n) is 14.7. The number of nitrogens with one attached hydrogen (secondary N) is 2. The third-order valence-electron chi connectivity index (χ3n) is 3.66. The molecule has 0 fully saturated rings. The van der Waals surface area contributed by atoms with Crippen LogP contribution in [0.5, 0.6) is 11.5 Å². The van der Waals surface area contributed by atoms with Crippen molar-refractivity contribution in [3.8, 4) is 22.8 Å². The van der Waals surface area contributed by atoms with E-state index in [-0.39, 0.29) is 11.5 Å². The maximum absolute atomic E-state index is 11.9. The number of methoxy groups -OCH3 is 2. The number of hydrogen-bond donors (Lipinski definition) is 2. The molecular formula is C19H17BrN4O3. The van der Waals surface area contributed by atoms with E-state index in [2.05, 4.69) is 36.4 Å². The Bertz CT molecular complexity index is 1020. The van der Waals surface area contributed by atoms with Crippen molar-refractivity contribution in [2.24, 2.45) is 5.10 Å². The first-order chi connectivity index (χ1) is 13.1. The Hall–Kier alpha value is -3.13. The van der Waals surface area contributed by atoms with Gasteiger partial charge in [0.25, 0.3) is 5.56 Å². The average Bonchev–Trinajstić information content (AvgIpc) is 2.67. The predicted octanol–water partition coefficient (Wildman–Crippen LogP) is 3.66. The Morgan fingerprint density at radius 2 is 1.93 bits per heavy atom. The molecule has 0 saturated heterocycles. The van der Waals surface area contributed by atoms with Gasteiger partial charge < -0.3 is 9.47 Å². The van der Waals surface area contributed by atoms with E-state index in [0.29, 0.717) is 22.8 Å². The smallest absolute Gasteiger partial charge is 0.252 e. The Balaban J connectivity index is 1.86. The van der Waals surface area contributed by atoms with Crippen LogP contribution in [-0.4, -0.2) is 30.4 Å². The first-order valence-corrected chi connectivity index (χ1v) is 8.77. The Morgan fingerprint density at radius 3 is 2.63 bits per heavy atom. The summed E-state index contributed by atoms with van der Waals surface area (Å²) in [6.07, 6.45) is 1.56. The van der Waals surface area contributed by atoms with E-state index in [0.717, 1.165) is 10.0 Å². The van der Waals surface area contributed by atoms with Crippen LogP contribution in [0.3, 0.4) is 0 Å². The molecule has 0 aliphatic rings. The Kier molecular flexibility index (Phi) is 5.87. The van der Waals surface area contributed by atoms with Crippen LogP contribution >= 0.6 is 15.9 Å². The first-order valence-electron chi connectivity index (χ1n) is 7.98. The summed E-state index contributed by atoms with van der Waals surface area (Å²) in [5.74, 6) is 1.36. The quantitative estimate of drug-likeness (QED) is 0.461. The van der Waals surface area contributed by atoms with Crippen molar-refractivity contribution in [1.82, 2.24) is 9.97 Å². The highest BCUT2D eigenvalue weighted by Crippen LogP contribution is 2.33. The molecule has 0 aliphatic carbocycles. The second-order valence-electron chi connectivity index (χ2n) is 5.45. The molecule has 138 valence electrons. The Labute approximate surface area is 164 Å². The first kappa shape index (κ1) is 18.7. The van der Waals surface area contributed by atoms with Gasteiger partial charge in [0.15, 0.2) is 11.5 Å². The highest BCUT2D eigenvalue weighted by molar-refractivity contribution is 9.10. The van der Waals surface area contributed by atoms with Crippen molar-refractivity contribution in [3.63, 3.8) is 0 Å². The van der Waals surface area contributed by atoms with Crippen LogP contribution in [0, 0.1) is 0 Å². The number of halogens is 1. The number of aromatic nitrogens is 2. The van der Waals surface area contributed by atoms with E-state index in [1.165, 1.54) is 6.07 Å². The molecule has 0 aliphatic heterocycles. The maximum Gasteiger partial charge on any atom is 0.252 e. The van der Waals surface area contributed by atoms with Crippen LogP contribution in [0.4, 0.5) is 5.95 Å². The number of hydrogen-bond acceptors (Lipinski definition) is 6. The molecule has 3 aromatic rings. The van der Waals surface area contributed by atoms with Gasteiger partial charge in [0.2, 0.25) is 5.95 Å². The molecule has 0 bridgehead atoms. The van der Waals surface area contributed by atoms with Gasteiger partial charge in [0, 0.05) is 21.7 Å². The number of ether oxygens (including phenoxy) is 2. The van der Waals surface area contributed by atoms with Gasteiger partial charge in [-0.25, -0.2) is 10.4 Å². The molecule has 27 heavy (non-hydrogen) atoms. The van der Waals surface area contributed by atoms with Crippen molar-refractivity contribution < 1.29 is 9.47 Å². The molecule has 8 heteroatoms. The third kappa shape index (κ3) is 4.53.